The van der Waals surface area contributed by atoms with E-state index in [1.54, 1.807) is 0 Å². The molecular weight excluding hydrogens is 1580 g/mol. The molecule has 0 radical (unpaired) electrons. The minimum atomic E-state index is -2.05. The third-order valence-corrected chi connectivity index (χ3v) is 20.7. The van der Waals surface area contributed by atoms with Gasteiger partial charge in [0.25, 0.3) is 0 Å². The summed E-state index contributed by atoms with van der Waals surface area (Å²) < 4.78 is 95.6. The summed E-state index contributed by atoms with van der Waals surface area (Å²) in [5, 5.41) is 308. The van der Waals surface area contributed by atoms with E-state index in [1.807, 2.05) is 0 Å². The zero-order chi connectivity index (χ0) is 83.4. The van der Waals surface area contributed by atoms with Gasteiger partial charge in [-0.3, -0.25) is 9.36 Å². The van der Waals surface area contributed by atoms with Crippen LogP contribution < -0.4 is 0 Å². The van der Waals surface area contributed by atoms with Gasteiger partial charge >= 0.3 is 0 Å². The first-order valence-electron chi connectivity index (χ1n) is 36.6. The normalized spacial score (nSPS) is 43.9. The topological polar surface area (TPSA) is 797 Å². The lowest BCUT2D eigenvalue weighted by Crippen LogP contribution is -2.66. The Morgan fingerprint density at radius 3 is 0.698 bits per heavy atom. The zero-order valence-corrected chi connectivity index (χ0v) is 60.8. The number of aliphatic hydroxyl groups is 26. The fourth-order valence-electron chi connectivity index (χ4n) is 14.0. The SMILES string of the molecule is OCC1O[C@H](O[C@@H]2C(CO)O[C@H](O[C@@H]3C(CO)O[C@@H](OCc4cn(C[C@H]5O[C@H](OCc6cn(CCn7cc(CO[C@H]8O[C@H](Cn9cc(CO[C@@H]%10OC(CO)[C@@H](O[C@H]%11OC(CO)[C@@H](O[C@H]%12OC(CO)[C@@H](O)[C@H](O)C%12O)[C@H](O)C%11O)[C@H](O)C%10O)nn9)[C@@H](O)[C@H](O)[C@@H]8O)nn7)nn6)[C@@H](O)[C@@H](O)[C@@H]5O)nn4)C(O)[C@H]3O)C(O)[C@H]2O)C(O)[C@@H](O)[C@@H]1O. The Kier molecular flexibility index (Phi) is 30.9. The van der Waals surface area contributed by atoms with Crippen molar-refractivity contribution in [3.8, 4) is 0 Å². The van der Waals surface area contributed by atoms with Crippen molar-refractivity contribution < 1.29 is 209 Å². The lowest BCUT2D eigenvalue weighted by Gasteiger charge is -2.48. The monoisotopic (exact) mass is 1680 g/mol. The Labute approximate surface area is 652 Å². The van der Waals surface area contributed by atoms with Crippen molar-refractivity contribution in [1.29, 1.82) is 0 Å². The number of hydrogen-bond acceptors (Lipinski definition) is 50. The summed E-state index contributed by atoms with van der Waals surface area (Å²) in [7, 11) is 0. The Bertz CT molecular complexity index is 3410. The molecule has 54 heteroatoms. The van der Waals surface area contributed by atoms with Crippen LogP contribution in [0.3, 0.4) is 0 Å². The average molecular weight is 1680 g/mol. The molecule has 54 nitrogen and oxygen atoms in total. The van der Waals surface area contributed by atoms with Gasteiger partial charge in [0.2, 0.25) is 0 Å². The molecule has 0 aliphatic carbocycles. The number of aryl methyl sites for hydroxylation is 2. The van der Waals surface area contributed by atoms with E-state index in [1.165, 1.54) is 43.5 Å². The second kappa shape index (κ2) is 39.8. The largest absolute Gasteiger partial charge is 0.394 e. The number of rotatable bonds is 33. The van der Waals surface area contributed by atoms with E-state index < -0.39 is 299 Å². The third-order valence-electron chi connectivity index (χ3n) is 20.7. The third kappa shape index (κ3) is 20.0. The number of nitrogens with zero attached hydrogens (tertiary/aromatic N) is 12. The zero-order valence-electron chi connectivity index (χ0n) is 60.8. The quantitative estimate of drug-likeness (QED) is 0.0211. The van der Waals surface area contributed by atoms with E-state index in [9.17, 15) is 133 Å². The molecule has 4 aromatic heterocycles. The van der Waals surface area contributed by atoms with Crippen LogP contribution in [-0.4, -0.2) is 478 Å². The molecule has 8 saturated heterocycles. The molecule has 116 heavy (non-hydrogen) atoms. The first kappa shape index (κ1) is 90.1. The van der Waals surface area contributed by atoms with Gasteiger partial charge in [-0.05, 0) is 0 Å². The summed E-state index contributed by atoms with van der Waals surface area (Å²) >= 11 is 0. The number of aromatic nitrogens is 12. The standard InChI is InChI=1S/C62H98N12O42/c75-9-25-33(83)37(87)45(95)59(107-25)113-53-29(13-79)111-61(49(99)41(53)91)115-51-27(11-77)109-57(47(97)39(51)89)103-17-21-5-73(69-65-21)7-23-31(81)35(85)43(93)55(105-23)101-15-19-3-71(67-63-19)1-2-72-4-20(64-68-72)16-102-56-44(94)36(86)32(82)24(106-56)8-74-6-22(66-70-74)18-104-58-48(98)40(90)52(28(12-78)110-58)116-62-50(100)42(92)54(30(14-80)112-62)114-60-46(96)38(88)34(84)26(10-76)108-60/h3-6,23-62,75-100H,1-2,7-18H2/t23-,24-,25?,26?,27?,28?,29?,30?,31-,32-,33-,34-,35+,36+,37+,38+,39-,40-,41-,42-,43+,44+,45?,46?,47?,48?,49?,50?,51-,52-,53-,54-,55+,56+,57-,58-,59-,60-,61-,62-/m1/s1. The maximum absolute atomic E-state index is 11.2. The Morgan fingerprint density at radius 2 is 0.431 bits per heavy atom. The lowest BCUT2D eigenvalue weighted by atomic mass is 9.96. The van der Waals surface area contributed by atoms with Crippen LogP contribution >= 0.6 is 0 Å². The van der Waals surface area contributed by atoms with Gasteiger partial charge < -0.3 is 209 Å². The minimum absolute atomic E-state index is 0.0802. The van der Waals surface area contributed by atoms with Crippen molar-refractivity contribution in [2.45, 2.75) is 298 Å². The van der Waals surface area contributed by atoms with Crippen LogP contribution in [-0.2, 0) is 128 Å². The maximum Gasteiger partial charge on any atom is 0.187 e. The van der Waals surface area contributed by atoms with E-state index in [0.29, 0.717) is 0 Å². The molecule has 4 aromatic rings. The molecule has 0 amide bonds. The predicted molar refractivity (Wildman–Crippen MR) is 351 cm³/mol. The van der Waals surface area contributed by atoms with Crippen molar-refractivity contribution >= 4 is 0 Å². The summed E-state index contributed by atoms with van der Waals surface area (Å²) in [6.45, 7) is -7.07. The van der Waals surface area contributed by atoms with Crippen LogP contribution in [0.1, 0.15) is 22.8 Å². The van der Waals surface area contributed by atoms with Gasteiger partial charge in [-0.2, -0.15) is 0 Å². The first-order valence-corrected chi connectivity index (χ1v) is 36.6. The van der Waals surface area contributed by atoms with E-state index in [-0.39, 0.29) is 62.2 Å². The van der Waals surface area contributed by atoms with E-state index in [4.69, 9.17) is 75.8 Å². The summed E-state index contributed by atoms with van der Waals surface area (Å²) in [6, 6.07) is 0. The van der Waals surface area contributed by atoms with Crippen LogP contribution in [0, 0.1) is 0 Å². The lowest BCUT2D eigenvalue weighted by molar-refractivity contribution is -0.379. The molecule has 12 heterocycles. The molecule has 0 saturated carbocycles. The molecule has 658 valence electrons. The van der Waals surface area contributed by atoms with Gasteiger partial charge in [0.15, 0.2) is 50.3 Å². The second-order valence-corrected chi connectivity index (χ2v) is 28.7. The highest BCUT2D eigenvalue weighted by atomic mass is 16.8. The molecule has 0 bridgehead atoms. The van der Waals surface area contributed by atoms with Crippen molar-refractivity contribution in [2.75, 3.05) is 39.6 Å². The van der Waals surface area contributed by atoms with E-state index in [2.05, 4.69) is 41.2 Å². The average Bonchev–Trinajstić information content (AvgIpc) is 1.37. The number of ether oxygens (including phenoxy) is 16. The highest BCUT2D eigenvalue weighted by molar-refractivity contribution is 5.03. The molecule has 12 unspecified atom stereocenters. The first-order chi connectivity index (χ1) is 55.5. The summed E-state index contributed by atoms with van der Waals surface area (Å²) in [6.07, 6.45) is -64.0. The second-order valence-electron chi connectivity index (χ2n) is 28.7. The molecule has 40 atom stereocenters. The molecule has 8 aliphatic rings. The highest BCUT2D eigenvalue weighted by Gasteiger charge is 2.57. The van der Waals surface area contributed by atoms with Gasteiger partial charge in [-0.1, -0.05) is 20.9 Å². The van der Waals surface area contributed by atoms with Crippen molar-refractivity contribution in [3.63, 3.8) is 0 Å². The Hall–Kier alpha value is -5.12. The van der Waals surface area contributed by atoms with Gasteiger partial charge in [0.05, 0.1) is 117 Å². The molecular formula is C62H98N12O42. The summed E-state index contributed by atoms with van der Waals surface area (Å²) in [4.78, 5) is 0. The molecule has 12 rings (SSSR count). The smallest absolute Gasteiger partial charge is 0.187 e. The number of aliphatic hydroxyl groups excluding tert-OH is 26. The van der Waals surface area contributed by atoms with Gasteiger partial charge in [-0.25, -0.2) is 9.36 Å². The maximum atomic E-state index is 11.2. The van der Waals surface area contributed by atoms with Crippen LogP contribution in [0.2, 0.25) is 0 Å². The molecule has 0 aromatic carbocycles. The van der Waals surface area contributed by atoms with Crippen molar-refractivity contribution in [1.82, 2.24) is 60.0 Å². The van der Waals surface area contributed by atoms with Crippen molar-refractivity contribution in [2.24, 2.45) is 0 Å². The van der Waals surface area contributed by atoms with Crippen LogP contribution in [0.4, 0.5) is 0 Å². The molecule has 26 N–H and O–H groups in total. The molecule has 0 spiro atoms. The van der Waals surface area contributed by atoms with Crippen molar-refractivity contribution in [3.05, 3.63) is 47.6 Å². The minimum Gasteiger partial charge on any atom is -0.394 e. The Balaban J connectivity index is 0.552. The summed E-state index contributed by atoms with van der Waals surface area (Å²) in [5.41, 5.74) is 0.633. The fraction of sp³-hybridized carbons (Fsp3) is 0.871. The molecule has 8 fully saturated rings. The van der Waals surface area contributed by atoms with Gasteiger partial charge in [0, 0.05) is 0 Å². The van der Waals surface area contributed by atoms with Crippen LogP contribution in [0.15, 0.2) is 24.8 Å². The van der Waals surface area contributed by atoms with Gasteiger partial charge in [0.1, 0.15) is 218 Å². The van der Waals surface area contributed by atoms with Crippen LogP contribution in [0.25, 0.3) is 0 Å². The highest BCUT2D eigenvalue weighted by Crippen LogP contribution is 2.37. The van der Waals surface area contributed by atoms with Gasteiger partial charge in [-0.15, -0.1) is 20.4 Å². The fourth-order valence-corrected chi connectivity index (χ4v) is 14.0. The predicted octanol–water partition coefficient (Wildman–Crippen LogP) is -19.3. The summed E-state index contributed by atoms with van der Waals surface area (Å²) in [5.74, 6) is 0. The van der Waals surface area contributed by atoms with E-state index >= 15 is 0 Å². The van der Waals surface area contributed by atoms with Crippen LogP contribution in [0.5, 0.6) is 0 Å². The number of hydrogen-bond donors (Lipinski definition) is 26. The molecule has 8 aliphatic heterocycles. The Morgan fingerprint density at radius 1 is 0.233 bits per heavy atom. The van der Waals surface area contributed by atoms with E-state index in [0.717, 1.165) is 0 Å².